The van der Waals surface area contributed by atoms with E-state index in [1.807, 2.05) is 13.1 Å². The Bertz CT molecular complexity index is 1130. The van der Waals surface area contributed by atoms with E-state index in [4.69, 9.17) is 14.2 Å². The van der Waals surface area contributed by atoms with E-state index in [2.05, 4.69) is 4.90 Å². The van der Waals surface area contributed by atoms with Crippen molar-refractivity contribution in [2.75, 3.05) is 13.6 Å². The Morgan fingerprint density at radius 3 is 2.66 bits per heavy atom. The fourth-order valence-corrected chi connectivity index (χ4v) is 6.32. The van der Waals surface area contributed by atoms with E-state index < -0.39 is 47.0 Å². The number of likely N-dealkylation sites (tertiary alicyclic amines) is 1. The molecule has 2 aliphatic heterocycles. The number of aliphatic hydroxyl groups is 1. The molecule has 0 aromatic heterocycles. The maximum Gasteiger partial charge on any atom is 0.345 e. The van der Waals surface area contributed by atoms with Gasteiger partial charge in [-0.1, -0.05) is 13.5 Å². The SMILES string of the molecule is C.CC(=O)O[C@@H](C(=O)O)[C@@H](C)C(=O)OC1=CC[C@@]2(O)[C@H]3Cc4ccc(O)c5c4[C@@]2(CCN3C)[C@H]1O5. The molecule has 3 N–H and O–H groups in total. The molecule has 0 radical (unpaired) electrons. The van der Waals surface area contributed by atoms with Gasteiger partial charge < -0.3 is 34.4 Å². The molecular formula is C25H31NO9. The van der Waals surface area contributed by atoms with Crippen molar-refractivity contribution in [2.45, 2.75) is 69.8 Å². The third-order valence-corrected chi connectivity index (χ3v) is 7.93. The maximum atomic E-state index is 12.9. The molecular weight excluding hydrogens is 458 g/mol. The summed E-state index contributed by atoms with van der Waals surface area (Å²) >= 11 is 0. The summed E-state index contributed by atoms with van der Waals surface area (Å²) in [6.07, 6.45) is 0.327. The number of carbonyl (C=O) groups excluding carboxylic acids is 2. The fraction of sp³-hybridized carbons (Fsp3) is 0.560. The van der Waals surface area contributed by atoms with E-state index in [0.29, 0.717) is 19.4 Å². The molecule has 0 saturated carbocycles. The number of carbonyl (C=O) groups is 3. The molecule has 1 aromatic carbocycles. The average molecular weight is 490 g/mol. The molecule has 1 aromatic rings. The van der Waals surface area contributed by atoms with Gasteiger partial charge in [0.1, 0.15) is 11.7 Å². The van der Waals surface area contributed by atoms with Crippen LogP contribution in [0.15, 0.2) is 24.0 Å². The summed E-state index contributed by atoms with van der Waals surface area (Å²) in [5, 5.41) is 32.0. The first-order valence-electron chi connectivity index (χ1n) is 11.3. The number of hydrogen-bond acceptors (Lipinski definition) is 9. The summed E-state index contributed by atoms with van der Waals surface area (Å²) in [5.41, 5.74) is -0.415. The summed E-state index contributed by atoms with van der Waals surface area (Å²) in [6.45, 7) is 3.04. The third-order valence-electron chi connectivity index (χ3n) is 7.93. The lowest BCUT2D eigenvalue weighted by molar-refractivity contribution is -0.177. The Morgan fingerprint density at radius 1 is 1.29 bits per heavy atom. The Hall–Kier alpha value is -3.11. The lowest BCUT2D eigenvalue weighted by Crippen LogP contribution is -2.74. The minimum atomic E-state index is -1.70. The second-order valence-electron chi connectivity index (χ2n) is 9.68. The summed E-state index contributed by atoms with van der Waals surface area (Å²) < 4.78 is 16.7. The van der Waals surface area contributed by atoms with E-state index in [1.54, 1.807) is 12.1 Å². The molecule has 0 amide bonds. The number of likely N-dealkylation sites (N-methyl/N-ethyl adjacent to an activating group) is 1. The molecule has 35 heavy (non-hydrogen) atoms. The first-order chi connectivity index (χ1) is 16.0. The van der Waals surface area contributed by atoms with E-state index >= 15 is 0 Å². The number of phenolic OH excluding ortho intramolecular Hbond substituents is 1. The zero-order valence-electron chi connectivity index (χ0n) is 19.1. The zero-order chi connectivity index (χ0) is 24.6. The van der Waals surface area contributed by atoms with Crippen molar-refractivity contribution in [3.05, 3.63) is 35.1 Å². The van der Waals surface area contributed by atoms with Gasteiger partial charge in [-0.25, -0.2) is 4.79 Å². The van der Waals surface area contributed by atoms with Crippen molar-refractivity contribution < 1.29 is 43.9 Å². The topological polar surface area (TPSA) is 143 Å². The molecule has 2 heterocycles. The van der Waals surface area contributed by atoms with Crippen molar-refractivity contribution in [1.29, 1.82) is 0 Å². The molecule has 2 bridgehead atoms. The van der Waals surface area contributed by atoms with Crippen LogP contribution in [0.1, 0.15) is 45.2 Å². The number of ether oxygens (including phenoxy) is 3. The standard InChI is InChI=1S/C24H27NO9.CH4/c1-11(18(21(28)29)32-12(2)26)22(30)33-15-6-7-24(31)16-10-13-4-5-14(27)19-17(13)23(24,20(15)34-19)8-9-25(16)3;/h4-6,11,16,18,20,27,31H,7-10H2,1-3H3,(H,28,29);1H4/t11-,16-,18-,20+,23+,24-;/m1./s1. The number of benzene rings is 1. The Balaban J connectivity index is 0.00000289. The first-order valence-corrected chi connectivity index (χ1v) is 11.3. The largest absolute Gasteiger partial charge is 0.504 e. The number of nitrogens with zero attached hydrogens (tertiary/aromatic N) is 1. The smallest absolute Gasteiger partial charge is 0.345 e. The Kier molecular flexibility index (Phi) is 5.88. The number of piperidine rings is 1. The molecule has 5 rings (SSSR count). The van der Waals surface area contributed by atoms with Crippen molar-refractivity contribution in [2.24, 2.45) is 5.92 Å². The van der Waals surface area contributed by atoms with Crippen molar-refractivity contribution in [3.63, 3.8) is 0 Å². The van der Waals surface area contributed by atoms with Crippen LogP contribution in [0, 0.1) is 5.92 Å². The van der Waals surface area contributed by atoms with Gasteiger partial charge in [0.15, 0.2) is 17.6 Å². The molecule has 2 aliphatic carbocycles. The Labute approximate surface area is 203 Å². The molecule has 10 heteroatoms. The molecule has 4 aliphatic rings. The zero-order valence-corrected chi connectivity index (χ0v) is 19.1. The highest BCUT2D eigenvalue weighted by atomic mass is 16.6. The molecule has 190 valence electrons. The maximum absolute atomic E-state index is 12.9. The molecule has 10 nitrogen and oxygen atoms in total. The van der Waals surface area contributed by atoms with E-state index in [1.165, 1.54) is 6.92 Å². The third kappa shape index (κ3) is 3.26. The predicted molar refractivity (Wildman–Crippen MR) is 122 cm³/mol. The van der Waals surface area contributed by atoms with Gasteiger partial charge in [-0.3, -0.25) is 9.59 Å². The van der Waals surface area contributed by atoms with Crippen LogP contribution in [0.4, 0.5) is 0 Å². The van der Waals surface area contributed by atoms with Gasteiger partial charge >= 0.3 is 17.9 Å². The number of carboxylic acids is 1. The molecule has 1 spiro atoms. The van der Waals surface area contributed by atoms with Gasteiger partial charge in [0.25, 0.3) is 0 Å². The van der Waals surface area contributed by atoms with E-state index in [9.17, 15) is 29.7 Å². The summed E-state index contributed by atoms with van der Waals surface area (Å²) in [5.74, 6) is -4.10. The van der Waals surface area contributed by atoms with Crippen LogP contribution in [-0.4, -0.2) is 75.6 Å². The Morgan fingerprint density at radius 2 is 2.00 bits per heavy atom. The number of aliphatic carboxylic acids is 1. The number of aromatic hydroxyl groups is 1. The number of hydrogen-bond donors (Lipinski definition) is 3. The number of rotatable bonds is 5. The van der Waals surface area contributed by atoms with Gasteiger partial charge in [-0.05, 0) is 51.1 Å². The number of carboxylic acid groups (broad SMARTS) is 1. The molecule has 6 atom stereocenters. The normalized spacial score (nSPS) is 31.6. The molecule has 1 fully saturated rings. The van der Waals surface area contributed by atoms with Crippen LogP contribution in [0.25, 0.3) is 0 Å². The second-order valence-corrected chi connectivity index (χ2v) is 9.68. The minimum absolute atomic E-state index is 0. The van der Waals surface area contributed by atoms with Crippen LogP contribution in [0.3, 0.4) is 0 Å². The van der Waals surface area contributed by atoms with Crippen molar-refractivity contribution in [1.82, 2.24) is 4.90 Å². The van der Waals surface area contributed by atoms with Gasteiger partial charge in [-0.2, -0.15) is 0 Å². The lowest BCUT2D eigenvalue weighted by Gasteiger charge is -2.61. The van der Waals surface area contributed by atoms with Crippen molar-refractivity contribution >= 4 is 17.9 Å². The van der Waals surface area contributed by atoms with Gasteiger partial charge in [-0.15, -0.1) is 0 Å². The predicted octanol–water partition coefficient (Wildman–Crippen LogP) is 1.50. The minimum Gasteiger partial charge on any atom is -0.504 e. The summed E-state index contributed by atoms with van der Waals surface area (Å²) in [6, 6.07) is 3.22. The van der Waals surface area contributed by atoms with Crippen molar-refractivity contribution in [3.8, 4) is 11.5 Å². The summed E-state index contributed by atoms with van der Waals surface area (Å²) in [7, 11) is 1.97. The summed E-state index contributed by atoms with van der Waals surface area (Å²) in [4.78, 5) is 37.9. The average Bonchev–Trinajstić information content (AvgIpc) is 3.13. The highest BCUT2D eigenvalue weighted by Gasteiger charge is 2.72. The van der Waals surface area contributed by atoms with E-state index in [-0.39, 0.29) is 37.1 Å². The molecule has 1 saturated heterocycles. The fourth-order valence-electron chi connectivity index (χ4n) is 6.32. The number of esters is 2. The van der Waals surface area contributed by atoms with Crippen LogP contribution in [-0.2, 0) is 35.7 Å². The van der Waals surface area contributed by atoms with Crippen LogP contribution >= 0.6 is 0 Å². The van der Waals surface area contributed by atoms with Crippen LogP contribution < -0.4 is 4.74 Å². The molecule has 0 unspecified atom stereocenters. The highest BCUT2D eigenvalue weighted by Crippen LogP contribution is 2.65. The number of phenols is 1. The van der Waals surface area contributed by atoms with Gasteiger partial charge in [0, 0.05) is 24.9 Å². The van der Waals surface area contributed by atoms with Gasteiger partial charge in [0.05, 0.1) is 11.0 Å². The quantitative estimate of drug-likeness (QED) is 0.521. The van der Waals surface area contributed by atoms with Crippen LogP contribution in [0.5, 0.6) is 11.5 Å². The first kappa shape index (κ1) is 25.0. The van der Waals surface area contributed by atoms with Crippen LogP contribution in [0.2, 0.25) is 0 Å². The van der Waals surface area contributed by atoms with Gasteiger partial charge in [0.2, 0.25) is 6.10 Å². The van der Waals surface area contributed by atoms with E-state index in [0.717, 1.165) is 18.1 Å². The monoisotopic (exact) mass is 489 g/mol. The second kappa shape index (κ2) is 8.23. The highest BCUT2D eigenvalue weighted by molar-refractivity contribution is 5.85. The lowest BCUT2D eigenvalue weighted by atomic mass is 9.50.